The molecule has 0 aromatic rings. The van der Waals surface area contributed by atoms with Crippen LogP contribution in [0.4, 0.5) is 0 Å². The highest BCUT2D eigenvalue weighted by Gasteiger charge is 2.67. The van der Waals surface area contributed by atoms with Crippen LogP contribution < -0.4 is 0 Å². The number of carbonyl (C=O) groups is 2. The summed E-state index contributed by atoms with van der Waals surface area (Å²) in [6, 6.07) is 0. The molecule has 6 atom stereocenters. The van der Waals surface area contributed by atoms with Crippen LogP contribution in [-0.2, 0) is 19.1 Å². The second-order valence-corrected chi connectivity index (χ2v) is 8.21. The third-order valence-electron chi connectivity index (χ3n) is 7.23. The average molecular weight is 344 g/mol. The minimum atomic E-state index is -0.719. The van der Waals surface area contributed by atoms with Gasteiger partial charge in [-0.25, -0.2) is 9.59 Å². The summed E-state index contributed by atoms with van der Waals surface area (Å²) in [6.45, 7) is 6.25. The van der Waals surface area contributed by atoms with E-state index in [9.17, 15) is 14.7 Å². The van der Waals surface area contributed by atoms with Gasteiger partial charge in [-0.3, -0.25) is 0 Å². The molecule has 5 heteroatoms. The lowest BCUT2D eigenvalue weighted by atomic mass is 9.46. The molecule has 2 heterocycles. The summed E-state index contributed by atoms with van der Waals surface area (Å²) in [7, 11) is 0. The van der Waals surface area contributed by atoms with E-state index in [1.54, 1.807) is 6.08 Å². The topological polar surface area (TPSA) is 72.8 Å². The van der Waals surface area contributed by atoms with Crippen molar-refractivity contribution in [3.05, 3.63) is 35.6 Å². The molecular weight excluding hydrogens is 320 g/mol. The number of rotatable bonds is 2. The second-order valence-electron chi connectivity index (χ2n) is 8.21. The van der Waals surface area contributed by atoms with Crippen LogP contribution in [0.25, 0.3) is 0 Å². The van der Waals surface area contributed by atoms with E-state index >= 15 is 0 Å². The Labute approximate surface area is 147 Å². The van der Waals surface area contributed by atoms with Crippen LogP contribution in [0.3, 0.4) is 0 Å². The van der Waals surface area contributed by atoms with Gasteiger partial charge in [-0.15, -0.1) is 0 Å². The fourth-order valence-electron chi connectivity index (χ4n) is 5.58. The maximum Gasteiger partial charge on any atom is 0.342 e. The summed E-state index contributed by atoms with van der Waals surface area (Å²) in [5, 5.41) is 10.9. The Morgan fingerprint density at radius 2 is 2.08 bits per heavy atom. The van der Waals surface area contributed by atoms with E-state index in [2.05, 4.69) is 13.8 Å². The summed E-state index contributed by atoms with van der Waals surface area (Å²) in [4.78, 5) is 24.1. The number of cyclic esters (lactones) is 1. The van der Waals surface area contributed by atoms with Crippen molar-refractivity contribution in [3.63, 3.8) is 0 Å². The third-order valence-corrected chi connectivity index (χ3v) is 7.23. The van der Waals surface area contributed by atoms with Crippen molar-refractivity contribution < 1.29 is 24.2 Å². The van der Waals surface area contributed by atoms with E-state index in [0.29, 0.717) is 12.0 Å². The Morgan fingerprint density at radius 3 is 2.76 bits per heavy atom. The molecular formula is C20H24O5. The minimum Gasteiger partial charge on any atom is -0.455 e. The SMILES string of the molecule is C[C@H]1[C@@H](O)[C@H]2OC(=O)C3=CCC[C@H]([C@@]1(C)CC=C1C=COC1=O)[C@]32C. The summed E-state index contributed by atoms with van der Waals surface area (Å²) in [6.07, 6.45) is 8.21. The van der Waals surface area contributed by atoms with Crippen LogP contribution in [0.15, 0.2) is 35.6 Å². The molecule has 25 heavy (non-hydrogen) atoms. The molecule has 2 fully saturated rings. The van der Waals surface area contributed by atoms with Gasteiger partial charge < -0.3 is 14.6 Å². The number of hydrogen-bond acceptors (Lipinski definition) is 5. The van der Waals surface area contributed by atoms with Crippen molar-refractivity contribution >= 4 is 11.9 Å². The molecule has 0 radical (unpaired) electrons. The maximum atomic E-state index is 12.3. The molecule has 0 unspecified atom stereocenters. The average Bonchev–Trinajstić information content (AvgIpc) is 3.11. The molecule has 0 amide bonds. The fraction of sp³-hybridized carbons (Fsp3) is 0.600. The molecule has 0 bridgehead atoms. The zero-order valence-corrected chi connectivity index (χ0v) is 14.8. The number of hydrogen-bond donors (Lipinski definition) is 1. The van der Waals surface area contributed by atoms with Crippen molar-refractivity contribution in [1.82, 2.24) is 0 Å². The molecule has 4 rings (SSSR count). The second kappa shape index (κ2) is 5.31. The molecule has 1 N–H and O–H groups in total. The van der Waals surface area contributed by atoms with Gasteiger partial charge in [-0.1, -0.05) is 32.9 Å². The van der Waals surface area contributed by atoms with Crippen molar-refractivity contribution in [2.45, 2.75) is 52.2 Å². The molecule has 0 aromatic heterocycles. The number of aliphatic hydroxyl groups is 1. The molecule has 5 nitrogen and oxygen atoms in total. The monoisotopic (exact) mass is 344 g/mol. The Kier molecular flexibility index (Phi) is 3.52. The molecule has 1 saturated carbocycles. The molecule has 0 aromatic carbocycles. The Morgan fingerprint density at radius 1 is 1.32 bits per heavy atom. The van der Waals surface area contributed by atoms with Crippen molar-refractivity contribution in [2.75, 3.05) is 0 Å². The summed E-state index contributed by atoms with van der Waals surface area (Å²) in [5.41, 5.74) is 0.557. The van der Waals surface area contributed by atoms with Gasteiger partial charge in [0, 0.05) is 11.0 Å². The molecule has 2 aliphatic carbocycles. The molecule has 134 valence electrons. The Hall–Kier alpha value is -1.88. The summed E-state index contributed by atoms with van der Waals surface area (Å²) < 4.78 is 10.5. The van der Waals surface area contributed by atoms with Crippen molar-refractivity contribution in [3.8, 4) is 0 Å². The third kappa shape index (κ3) is 2.05. The van der Waals surface area contributed by atoms with Gasteiger partial charge in [-0.05, 0) is 42.6 Å². The quantitative estimate of drug-likeness (QED) is 0.616. The number of ether oxygens (including phenoxy) is 2. The highest BCUT2D eigenvalue weighted by molar-refractivity contribution is 5.94. The lowest BCUT2D eigenvalue weighted by Crippen LogP contribution is -2.61. The first-order valence-electron chi connectivity index (χ1n) is 8.97. The van der Waals surface area contributed by atoms with E-state index in [1.807, 2.05) is 19.1 Å². The lowest BCUT2D eigenvalue weighted by molar-refractivity contribution is -0.182. The van der Waals surface area contributed by atoms with Crippen molar-refractivity contribution in [2.24, 2.45) is 22.7 Å². The van der Waals surface area contributed by atoms with Gasteiger partial charge in [-0.2, -0.15) is 0 Å². The number of carbonyl (C=O) groups excluding carboxylic acids is 2. The van der Waals surface area contributed by atoms with Gasteiger partial charge >= 0.3 is 11.9 Å². The van der Waals surface area contributed by atoms with E-state index in [4.69, 9.17) is 9.47 Å². The van der Waals surface area contributed by atoms with Crippen LogP contribution in [0, 0.1) is 22.7 Å². The largest absolute Gasteiger partial charge is 0.455 e. The molecule has 4 aliphatic rings. The van der Waals surface area contributed by atoms with Gasteiger partial charge in [0.25, 0.3) is 0 Å². The van der Waals surface area contributed by atoms with Crippen LogP contribution in [0.2, 0.25) is 0 Å². The smallest absolute Gasteiger partial charge is 0.342 e. The first-order valence-corrected chi connectivity index (χ1v) is 8.97. The van der Waals surface area contributed by atoms with Crippen LogP contribution in [0.5, 0.6) is 0 Å². The van der Waals surface area contributed by atoms with Gasteiger partial charge in [0.15, 0.2) is 0 Å². The van der Waals surface area contributed by atoms with E-state index in [1.165, 1.54) is 6.26 Å². The number of aliphatic hydroxyl groups excluding tert-OH is 1. The maximum absolute atomic E-state index is 12.3. The van der Waals surface area contributed by atoms with Gasteiger partial charge in [0.2, 0.25) is 0 Å². The summed E-state index contributed by atoms with van der Waals surface area (Å²) in [5.74, 6) is -0.471. The van der Waals surface area contributed by atoms with Gasteiger partial charge in [0.1, 0.15) is 6.10 Å². The Balaban J connectivity index is 1.75. The predicted octanol–water partition coefficient (Wildman–Crippen LogP) is 2.66. The molecule has 1 saturated heterocycles. The van der Waals surface area contributed by atoms with Crippen LogP contribution >= 0.6 is 0 Å². The number of esters is 2. The zero-order valence-electron chi connectivity index (χ0n) is 14.8. The van der Waals surface area contributed by atoms with E-state index in [-0.39, 0.29) is 29.2 Å². The van der Waals surface area contributed by atoms with Gasteiger partial charge in [0.05, 0.1) is 17.9 Å². The summed E-state index contributed by atoms with van der Waals surface area (Å²) >= 11 is 0. The minimum absolute atomic E-state index is 0.0564. The highest BCUT2D eigenvalue weighted by Crippen LogP contribution is 2.64. The zero-order chi connectivity index (χ0) is 18.0. The predicted molar refractivity (Wildman–Crippen MR) is 90.0 cm³/mol. The normalized spacial score (nSPS) is 46.7. The highest BCUT2D eigenvalue weighted by atomic mass is 16.6. The van der Waals surface area contributed by atoms with E-state index in [0.717, 1.165) is 18.4 Å². The van der Waals surface area contributed by atoms with Crippen molar-refractivity contribution in [1.29, 1.82) is 0 Å². The van der Waals surface area contributed by atoms with Crippen LogP contribution in [0.1, 0.15) is 40.0 Å². The standard InChI is InChI=1S/C20H24O5/c1-11-15(21)16-20(3)13(18(23)25-16)5-4-6-14(20)19(11,2)9-7-12-8-10-24-17(12)22/h5,7-8,10-11,14-16,21H,4,6,9H2,1-3H3/t11-,14+,15+,16+,19-,20-/m0/s1. The number of allylic oxidation sites excluding steroid dienone is 2. The molecule has 2 aliphatic heterocycles. The fourth-order valence-corrected chi connectivity index (χ4v) is 5.58. The van der Waals surface area contributed by atoms with Crippen LogP contribution in [-0.4, -0.2) is 29.3 Å². The molecule has 0 spiro atoms. The lowest BCUT2D eigenvalue weighted by Gasteiger charge is -2.58. The Bertz CT molecular complexity index is 732. The first kappa shape index (κ1) is 16.6. The first-order chi connectivity index (χ1) is 11.8. The van der Waals surface area contributed by atoms with E-state index < -0.39 is 17.6 Å².